The van der Waals surface area contributed by atoms with Crippen molar-refractivity contribution in [3.63, 3.8) is 0 Å². The molecule has 212 valence electrons. The van der Waals surface area contributed by atoms with Gasteiger partial charge in [0.15, 0.2) is 0 Å². The minimum Gasteiger partial charge on any atom is -0.444 e. The van der Waals surface area contributed by atoms with Crippen LogP contribution >= 0.6 is 0 Å². The molecule has 3 aromatic rings. The number of hydrogen-bond donors (Lipinski definition) is 1. The zero-order valence-electron chi connectivity index (χ0n) is 23.6. The molecule has 1 fully saturated rings. The molecule has 0 spiro atoms. The number of aliphatic hydroxyl groups is 1. The lowest BCUT2D eigenvalue weighted by atomic mass is 10.1. The van der Waals surface area contributed by atoms with Gasteiger partial charge >= 0.3 is 6.09 Å². The largest absolute Gasteiger partial charge is 0.444 e. The molecule has 1 atom stereocenters. The molecular weight excluding hydrogens is 506 g/mol. The maximum absolute atomic E-state index is 13.1. The summed E-state index contributed by atoms with van der Waals surface area (Å²) in [5, 5.41) is 10.7. The summed E-state index contributed by atoms with van der Waals surface area (Å²) in [5.41, 5.74) is 2.41. The Morgan fingerprint density at radius 1 is 0.975 bits per heavy atom. The molecule has 9 heteroatoms. The smallest absolute Gasteiger partial charge is 0.410 e. The first-order valence-electron chi connectivity index (χ1n) is 13.8. The van der Waals surface area contributed by atoms with Gasteiger partial charge < -0.3 is 19.6 Å². The lowest BCUT2D eigenvalue weighted by molar-refractivity contribution is 0.0147. The van der Waals surface area contributed by atoms with E-state index < -0.39 is 17.8 Å². The number of ether oxygens (including phenoxy) is 1. The number of benzene rings is 1. The van der Waals surface area contributed by atoms with E-state index in [1.54, 1.807) is 18.5 Å². The molecule has 1 N–H and O–H groups in total. The van der Waals surface area contributed by atoms with Crippen LogP contribution < -0.4 is 0 Å². The molecule has 4 rings (SSSR count). The summed E-state index contributed by atoms with van der Waals surface area (Å²) in [5.74, 6) is -0.0783. The van der Waals surface area contributed by atoms with E-state index in [1.165, 1.54) is 4.90 Å². The molecule has 2 amide bonds. The molecule has 0 radical (unpaired) electrons. The SMILES string of the molecule is CC(C)(C)OC(=O)N(CCc1ccc(C(=O)N2CCN(Cc3ccccn3)CC2)nc1)CC(O)c1ccccc1. The zero-order chi connectivity index (χ0) is 28.5. The van der Waals surface area contributed by atoms with Crippen LogP contribution in [0.2, 0.25) is 0 Å². The summed E-state index contributed by atoms with van der Waals surface area (Å²) < 4.78 is 5.59. The topological polar surface area (TPSA) is 99.1 Å². The Bertz CT molecular complexity index is 1220. The van der Waals surface area contributed by atoms with Crippen LogP contribution in [-0.2, 0) is 17.7 Å². The molecule has 3 heterocycles. The predicted octanol–water partition coefficient (Wildman–Crippen LogP) is 3.95. The van der Waals surface area contributed by atoms with Gasteiger partial charge in [-0.1, -0.05) is 42.5 Å². The highest BCUT2D eigenvalue weighted by atomic mass is 16.6. The van der Waals surface area contributed by atoms with Crippen LogP contribution in [0, 0.1) is 0 Å². The molecule has 40 heavy (non-hydrogen) atoms. The summed E-state index contributed by atoms with van der Waals surface area (Å²) >= 11 is 0. The van der Waals surface area contributed by atoms with Gasteiger partial charge in [0.05, 0.1) is 18.3 Å². The van der Waals surface area contributed by atoms with Crippen LogP contribution in [0.3, 0.4) is 0 Å². The van der Waals surface area contributed by atoms with Gasteiger partial charge in [0.1, 0.15) is 11.3 Å². The van der Waals surface area contributed by atoms with Gasteiger partial charge in [-0.3, -0.25) is 19.7 Å². The van der Waals surface area contributed by atoms with Crippen molar-refractivity contribution in [1.82, 2.24) is 24.7 Å². The van der Waals surface area contributed by atoms with Gasteiger partial charge in [0.25, 0.3) is 5.91 Å². The number of amides is 2. The second kappa shape index (κ2) is 13.5. The molecule has 1 aromatic carbocycles. The van der Waals surface area contributed by atoms with Crippen LogP contribution in [0.5, 0.6) is 0 Å². The number of piperazine rings is 1. The standard InChI is InChI=1S/C31H39N5O4/c1-31(2,3)40-30(39)36(23-28(37)25-9-5-4-6-10-25)16-14-24-12-13-27(33-21-24)29(38)35-19-17-34(18-20-35)22-26-11-7-8-15-32-26/h4-13,15,21,28,37H,14,16-20,22-23H2,1-3H3. The minimum absolute atomic E-state index is 0.0783. The van der Waals surface area contributed by atoms with Crippen LogP contribution in [0.1, 0.15) is 54.2 Å². The Morgan fingerprint density at radius 2 is 1.70 bits per heavy atom. The van der Waals surface area contributed by atoms with E-state index in [9.17, 15) is 14.7 Å². The fraction of sp³-hybridized carbons (Fsp3) is 0.419. The second-order valence-electron chi connectivity index (χ2n) is 11.0. The van der Waals surface area contributed by atoms with Crippen molar-refractivity contribution in [3.8, 4) is 0 Å². The molecule has 9 nitrogen and oxygen atoms in total. The zero-order valence-corrected chi connectivity index (χ0v) is 23.6. The number of hydrogen-bond acceptors (Lipinski definition) is 7. The Morgan fingerprint density at radius 3 is 2.33 bits per heavy atom. The first kappa shape index (κ1) is 29.2. The Hall–Kier alpha value is -3.82. The maximum atomic E-state index is 13.1. The van der Waals surface area contributed by atoms with Gasteiger partial charge in [0.2, 0.25) is 0 Å². The monoisotopic (exact) mass is 545 g/mol. The second-order valence-corrected chi connectivity index (χ2v) is 11.0. The fourth-order valence-electron chi connectivity index (χ4n) is 4.53. The summed E-state index contributed by atoms with van der Waals surface area (Å²) in [6.07, 6.45) is 2.67. The van der Waals surface area contributed by atoms with Gasteiger partial charge in [-0.25, -0.2) is 4.79 Å². The number of nitrogens with zero attached hydrogens (tertiary/aromatic N) is 5. The third-order valence-electron chi connectivity index (χ3n) is 6.71. The number of carbonyl (C=O) groups is 2. The van der Waals surface area contributed by atoms with Crippen molar-refractivity contribution in [2.45, 2.75) is 45.4 Å². The number of carbonyl (C=O) groups excluding carboxylic acids is 2. The van der Waals surface area contributed by atoms with Crippen molar-refractivity contribution in [2.75, 3.05) is 39.3 Å². The Balaban J connectivity index is 1.31. The quantitative estimate of drug-likeness (QED) is 0.435. The minimum atomic E-state index is -0.837. The highest BCUT2D eigenvalue weighted by Crippen LogP contribution is 2.18. The van der Waals surface area contributed by atoms with Crippen molar-refractivity contribution in [2.24, 2.45) is 0 Å². The first-order valence-corrected chi connectivity index (χ1v) is 13.8. The maximum Gasteiger partial charge on any atom is 0.410 e. The summed E-state index contributed by atoms with van der Waals surface area (Å²) in [6.45, 7) is 9.53. The summed E-state index contributed by atoms with van der Waals surface area (Å²) in [7, 11) is 0. The van der Waals surface area contributed by atoms with E-state index in [2.05, 4.69) is 14.9 Å². The average molecular weight is 546 g/mol. The normalized spacial score (nSPS) is 14.9. The highest BCUT2D eigenvalue weighted by molar-refractivity contribution is 5.92. The van der Waals surface area contributed by atoms with E-state index >= 15 is 0 Å². The van der Waals surface area contributed by atoms with Crippen LogP contribution in [-0.4, -0.2) is 86.6 Å². The predicted molar refractivity (Wildman–Crippen MR) is 153 cm³/mol. The van der Waals surface area contributed by atoms with E-state index in [4.69, 9.17) is 4.74 Å². The van der Waals surface area contributed by atoms with E-state index in [-0.39, 0.29) is 12.5 Å². The third-order valence-corrected chi connectivity index (χ3v) is 6.71. The Kier molecular flexibility index (Phi) is 9.84. The highest BCUT2D eigenvalue weighted by Gasteiger charge is 2.25. The van der Waals surface area contributed by atoms with Crippen LogP contribution in [0.4, 0.5) is 4.79 Å². The third kappa shape index (κ3) is 8.59. The molecular formula is C31H39N5O4. The molecule has 0 aliphatic carbocycles. The number of aliphatic hydroxyl groups excluding tert-OH is 1. The Labute approximate surface area is 236 Å². The van der Waals surface area contributed by atoms with Gasteiger partial charge in [0, 0.05) is 51.7 Å². The molecule has 1 aliphatic heterocycles. The van der Waals surface area contributed by atoms with E-state index in [1.807, 2.05) is 80.3 Å². The first-order chi connectivity index (χ1) is 19.2. The van der Waals surface area contributed by atoms with E-state index in [0.29, 0.717) is 31.7 Å². The lowest BCUT2D eigenvalue weighted by Crippen LogP contribution is -2.48. The summed E-state index contributed by atoms with van der Waals surface area (Å²) in [4.78, 5) is 40.4. The van der Waals surface area contributed by atoms with Crippen molar-refractivity contribution >= 4 is 12.0 Å². The number of rotatable bonds is 9. The molecule has 0 saturated carbocycles. The molecule has 1 aliphatic rings. The molecule has 1 saturated heterocycles. The van der Waals surface area contributed by atoms with Crippen molar-refractivity contribution in [1.29, 1.82) is 0 Å². The molecule has 1 unspecified atom stereocenters. The number of aromatic nitrogens is 2. The van der Waals surface area contributed by atoms with Crippen molar-refractivity contribution in [3.05, 3.63) is 95.6 Å². The summed E-state index contributed by atoms with van der Waals surface area (Å²) in [6, 6.07) is 18.8. The fourth-order valence-corrected chi connectivity index (χ4v) is 4.53. The molecule has 2 aromatic heterocycles. The lowest BCUT2D eigenvalue weighted by Gasteiger charge is -2.34. The molecule has 0 bridgehead atoms. The van der Waals surface area contributed by atoms with Gasteiger partial charge in [-0.05, 0) is 56.5 Å². The van der Waals surface area contributed by atoms with Gasteiger partial charge in [-0.15, -0.1) is 0 Å². The van der Waals surface area contributed by atoms with E-state index in [0.717, 1.165) is 36.5 Å². The van der Waals surface area contributed by atoms with Crippen molar-refractivity contribution < 1.29 is 19.4 Å². The average Bonchev–Trinajstić information content (AvgIpc) is 2.95. The van der Waals surface area contributed by atoms with Crippen LogP contribution in [0.15, 0.2) is 73.1 Å². The van der Waals surface area contributed by atoms with Gasteiger partial charge in [-0.2, -0.15) is 0 Å². The number of pyridine rings is 2. The van der Waals surface area contributed by atoms with Crippen LogP contribution in [0.25, 0.3) is 0 Å².